The highest BCUT2D eigenvalue weighted by molar-refractivity contribution is 14.1. The number of nitrogens with zero attached hydrogens (tertiary/aromatic N) is 1. The predicted octanol–water partition coefficient (Wildman–Crippen LogP) is 3.59. The topological polar surface area (TPSA) is 42.0 Å². The molecule has 0 fully saturated rings. The van der Waals surface area contributed by atoms with E-state index >= 15 is 0 Å². The molecule has 5 heteroatoms. The zero-order valence-electron chi connectivity index (χ0n) is 8.65. The Hall–Kier alpha value is -1.14. The van der Waals surface area contributed by atoms with E-state index in [0.717, 1.165) is 3.57 Å². The van der Waals surface area contributed by atoms with Crippen LogP contribution in [-0.2, 0) is 0 Å². The summed E-state index contributed by atoms with van der Waals surface area (Å²) in [5, 5.41) is 3.04. The third kappa shape index (κ3) is 3.41. The Morgan fingerprint density at radius 2 is 2.00 bits per heavy atom. The number of rotatable bonds is 2. The molecule has 2 rings (SSSR count). The molecule has 0 radical (unpaired) electrons. The predicted molar refractivity (Wildman–Crippen MR) is 76.4 cm³/mol. The zero-order chi connectivity index (χ0) is 12.3. The van der Waals surface area contributed by atoms with Gasteiger partial charge in [0.1, 0.15) is 11.0 Å². The molecule has 0 saturated heterocycles. The van der Waals surface area contributed by atoms with Gasteiger partial charge in [-0.3, -0.25) is 4.79 Å². The van der Waals surface area contributed by atoms with E-state index in [0.29, 0.717) is 16.5 Å². The largest absolute Gasteiger partial charge is 0.307 e. The molecule has 17 heavy (non-hydrogen) atoms. The van der Waals surface area contributed by atoms with Crippen molar-refractivity contribution in [3.8, 4) is 0 Å². The van der Waals surface area contributed by atoms with Crippen LogP contribution in [0.5, 0.6) is 0 Å². The lowest BCUT2D eigenvalue weighted by atomic mass is 10.2. The van der Waals surface area contributed by atoms with Gasteiger partial charge in [0.2, 0.25) is 0 Å². The van der Waals surface area contributed by atoms with Gasteiger partial charge in [0.05, 0.1) is 0 Å². The second kappa shape index (κ2) is 5.46. The Bertz CT molecular complexity index is 560. The number of carbonyl (C=O) groups is 1. The quantitative estimate of drug-likeness (QED) is 0.658. The number of carbonyl (C=O) groups excluding carboxylic acids is 1. The second-order valence-electron chi connectivity index (χ2n) is 3.31. The number of hydrogen-bond acceptors (Lipinski definition) is 2. The van der Waals surface area contributed by atoms with E-state index in [9.17, 15) is 4.79 Å². The number of pyridine rings is 1. The first-order chi connectivity index (χ1) is 8.15. The molecule has 0 unspecified atom stereocenters. The van der Waals surface area contributed by atoms with Crippen molar-refractivity contribution in [2.75, 3.05) is 5.32 Å². The first kappa shape index (κ1) is 12.3. The van der Waals surface area contributed by atoms with Crippen LogP contribution in [0.4, 0.5) is 5.82 Å². The van der Waals surface area contributed by atoms with Crippen LogP contribution >= 0.6 is 34.2 Å². The van der Waals surface area contributed by atoms with E-state index in [-0.39, 0.29) is 5.91 Å². The summed E-state index contributed by atoms with van der Waals surface area (Å²) in [6.45, 7) is 0. The Morgan fingerprint density at radius 1 is 1.24 bits per heavy atom. The normalized spacial score (nSPS) is 10.0. The summed E-state index contributed by atoms with van der Waals surface area (Å²) in [4.78, 5) is 15.9. The molecule has 1 aromatic carbocycles. The highest BCUT2D eigenvalue weighted by atomic mass is 127. The van der Waals surface area contributed by atoms with E-state index in [2.05, 4.69) is 32.9 Å². The van der Waals surface area contributed by atoms with Crippen molar-refractivity contribution >= 4 is 45.9 Å². The van der Waals surface area contributed by atoms with Gasteiger partial charge in [-0.1, -0.05) is 23.7 Å². The van der Waals surface area contributed by atoms with E-state index in [1.807, 2.05) is 12.1 Å². The number of aromatic nitrogens is 1. The molecule has 1 amide bonds. The fourth-order valence-electron chi connectivity index (χ4n) is 1.30. The summed E-state index contributed by atoms with van der Waals surface area (Å²) in [6.07, 6.45) is 0. The standard InChI is InChI=1S/C12H8ClIN2O/c13-10-5-2-6-11(15-10)16-12(17)8-3-1-4-9(14)7-8/h1-7H,(H,15,16,17). The lowest BCUT2D eigenvalue weighted by Crippen LogP contribution is -2.12. The van der Waals surface area contributed by atoms with Gasteiger partial charge in [-0.15, -0.1) is 0 Å². The summed E-state index contributed by atoms with van der Waals surface area (Å²) in [5.74, 6) is 0.250. The second-order valence-corrected chi connectivity index (χ2v) is 4.94. The molecule has 0 atom stereocenters. The fraction of sp³-hybridized carbons (Fsp3) is 0. The lowest BCUT2D eigenvalue weighted by molar-refractivity contribution is 0.102. The number of amides is 1. The van der Waals surface area contributed by atoms with Crippen LogP contribution in [0.1, 0.15) is 10.4 Å². The van der Waals surface area contributed by atoms with Gasteiger partial charge in [-0.25, -0.2) is 4.98 Å². The minimum absolute atomic E-state index is 0.196. The number of nitrogens with one attached hydrogen (secondary N) is 1. The van der Waals surface area contributed by atoms with Crippen molar-refractivity contribution in [3.05, 3.63) is 56.8 Å². The van der Waals surface area contributed by atoms with Crippen molar-refractivity contribution in [2.24, 2.45) is 0 Å². The van der Waals surface area contributed by atoms with Gasteiger partial charge in [0.25, 0.3) is 5.91 Å². The van der Waals surface area contributed by atoms with E-state index in [1.54, 1.807) is 30.3 Å². The molecule has 0 spiro atoms. The molecule has 0 aliphatic carbocycles. The van der Waals surface area contributed by atoms with Crippen molar-refractivity contribution in [3.63, 3.8) is 0 Å². The van der Waals surface area contributed by atoms with Gasteiger partial charge in [-0.05, 0) is 52.9 Å². The number of halogens is 2. The Morgan fingerprint density at radius 3 is 2.71 bits per heavy atom. The van der Waals surface area contributed by atoms with Gasteiger partial charge in [-0.2, -0.15) is 0 Å². The van der Waals surface area contributed by atoms with E-state index < -0.39 is 0 Å². The van der Waals surface area contributed by atoms with Crippen molar-refractivity contribution in [1.82, 2.24) is 4.98 Å². The summed E-state index contributed by atoms with van der Waals surface area (Å²) >= 11 is 7.89. The summed E-state index contributed by atoms with van der Waals surface area (Å²) in [6, 6.07) is 12.4. The molecule has 0 aliphatic rings. The van der Waals surface area contributed by atoms with Crippen LogP contribution in [0.3, 0.4) is 0 Å². The summed E-state index contributed by atoms with van der Waals surface area (Å²) in [7, 11) is 0. The third-order valence-corrected chi connectivity index (χ3v) is 2.93. The summed E-state index contributed by atoms with van der Waals surface area (Å²) in [5.41, 5.74) is 0.596. The molecule has 0 bridgehead atoms. The third-order valence-electron chi connectivity index (χ3n) is 2.04. The maximum Gasteiger partial charge on any atom is 0.256 e. The van der Waals surface area contributed by atoms with Gasteiger partial charge < -0.3 is 5.32 Å². The number of benzene rings is 1. The van der Waals surface area contributed by atoms with Crippen LogP contribution in [0.25, 0.3) is 0 Å². The first-order valence-corrected chi connectivity index (χ1v) is 6.30. The number of anilines is 1. The van der Waals surface area contributed by atoms with Gasteiger partial charge >= 0.3 is 0 Å². The average Bonchev–Trinajstić information content (AvgIpc) is 2.29. The molecular formula is C12H8ClIN2O. The van der Waals surface area contributed by atoms with Crippen LogP contribution in [0, 0.1) is 3.57 Å². The molecule has 0 saturated carbocycles. The molecular weight excluding hydrogens is 351 g/mol. The Labute approximate surface area is 117 Å². The lowest BCUT2D eigenvalue weighted by Gasteiger charge is -2.04. The van der Waals surface area contributed by atoms with Crippen LogP contribution in [-0.4, -0.2) is 10.9 Å². The number of hydrogen-bond donors (Lipinski definition) is 1. The van der Waals surface area contributed by atoms with Crippen molar-refractivity contribution in [2.45, 2.75) is 0 Å². The minimum Gasteiger partial charge on any atom is -0.307 e. The monoisotopic (exact) mass is 358 g/mol. The van der Waals surface area contributed by atoms with Gasteiger partial charge in [0.15, 0.2) is 0 Å². The molecule has 3 nitrogen and oxygen atoms in total. The molecule has 1 heterocycles. The highest BCUT2D eigenvalue weighted by Gasteiger charge is 2.06. The van der Waals surface area contributed by atoms with Gasteiger partial charge in [0, 0.05) is 9.13 Å². The molecule has 1 N–H and O–H groups in total. The van der Waals surface area contributed by atoms with Crippen LogP contribution in [0.2, 0.25) is 5.15 Å². The van der Waals surface area contributed by atoms with E-state index in [4.69, 9.17) is 11.6 Å². The average molecular weight is 359 g/mol. The SMILES string of the molecule is O=C(Nc1cccc(Cl)n1)c1cccc(I)c1. The maximum absolute atomic E-state index is 11.9. The highest BCUT2D eigenvalue weighted by Crippen LogP contribution is 2.12. The fourth-order valence-corrected chi connectivity index (χ4v) is 2.00. The van der Waals surface area contributed by atoms with Crippen molar-refractivity contribution < 1.29 is 4.79 Å². The maximum atomic E-state index is 11.9. The first-order valence-electron chi connectivity index (χ1n) is 4.84. The zero-order valence-corrected chi connectivity index (χ0v) is 11.6. The summed E-state index contributed by atoms with van der Waals surface area (Å²) < 4.78 is 1.01. The molecule has 1 aromatic heterocycles. The van der Waals surface area contributed by atoms with Crippen LogP contribution in [0.15, 0.2) is 42.5 Å². The van der Waals surface area contributed by atoms with E-state index in [1.165, 1.54) is 0 Å². The van der Waals surface area contributed by atoms with Crippen molar-refractivity contribution in [1.29, 1.82) is 0 Å². The van der Waals surface area contributed by atoms with Crippen LogP contribution < -0.4 is 5.32 Å². The Balaban J connectivity index is 2.17. The Kier molecular flexibility index (Phi) is 3.96. The minimum atomic E-state index is -0.196. The molecule has 0 aliphatic heterocycles. The molecule has 86 valence electrons. The smallest absolute Gasteiger partial charge is 0.256 e. The molecule has 2 aromatic rings.